The number of hydrogen-bond acceptors (Lipinski definition) is 4. The highest BCUT2D eigenvalue weighted by Gasteiger charge is 2.10. The van der Waals surface area contributed by atoms with Crippen molar-refractivity contribution < 1.29 is 24.2 Å². The van der Waals surface area contributed by atoms with Crippen molar-refractivity contribution in [3.8, 4) is 5.75 Å². The summed E-state index contributed by atoms with van der Waals surface area (Å²) in [5.74, 6) is -0.843. The number of ether oxygens (including phenoxy) is 1. The van der Waals surface area contributed by atoms with Gasteiger partial charge in [0.05, 0.1) is 7.11 Å². The maximum Gasteiger partial charge on any atom is 0.303 e. The van der Waals surface area contributed by atoms with E-state index in [1.165, 1.54) is 6.92 Å². The van der Waals surface area contributed by atoms with E-state index in [0.717, 1.165) is 5.56 Å². The Labute approximate surface area is 147 Å². The second kappa shape index (κ2) is 10.9. The monoisotopic (exact) mass is 348 g/mol. The Balaban J connectivity index is 2.61. The highest BCUT2D eigenvalue weighted by molar-refractivity contribution is 6.00. The van der Waals surface area contributed by atoms with Crippen molar-refractivity contribution in [1.29, 1.82) is 0 Å². The van der Waals surface area contributed by atoms with Crippen LogP contribution in [0.2, 0.25) is 0 Å². The Kier molecular flexibility index (Phi) is 8.78. The minimum atomic E-state index is -0.820. The molecule has 0 atom stereocenters. The number of rotatable bonds is 10. The van der Waals surface area contributed by atoms with E-state index < -0.39 is 5.97 Å². The molecule has 0 fully saturated rings. The summed E-state index contributed by atoms with van der Waals surface area (Å²) in [6.07, 6.45) is 3.67. The predicted octanol–water partition coefficient (Wildman–Crippen LogP) is 1.93. The maximum atomic E-state index is 12.2. The third kappa shape index (κ3) is 8.55. The van der Waals surface area contributed by atoms with E-state index in [1.54, 1.807) is 37.5 Å². The molecule has 7 heteroatoms. The molecule has 0 bridgehead atoms. The number of benzene rings is 1. The lowest BCUT2D eigenvalue weighted by Gasteiger charge is -2.10. The molecule has 0 aliphatic heterocycles. The van der Waals surface area contributed by atoms with E-state index in [1.807, 2.05) is 0 Å². The van der Waals surface area contributed by atoms with Crippen LogP contribution in [0, 0.1) is 0 Å². The topological polar surface area (TPSA) is 105 Å². The van der Waals surface area contributed by atoms with Gasteiger partial charge in [0.2, 0.25) is 5.91 Å². The zero-order valence-corrected chi connectivity index (χ0v) is 14.5. The second-order valence-electron chi connectivity index (χ2n) is 5.47. The number of carboxylic acid groups (broad SMARTS) is 1. The smallest absolute Gasteiger partial charge is 0.303 e. The summed E-state index contributed by atoms with van der Waals surface area (Å²) in [6, 6.07) is 7.08. The molecule has 0 aliphatic carbocycles. The fourth-order valence-corrected chi connectivity index (χ4v) is 2.09. The first-order chi connectivity index (χ1) is 11.9. The van der Waals surface area contributed by atoms with Crippen molar-refractivity contribution in [1.82, 2.24) is 10.6 Å². The standard InChI is InChI=1S/C18H24N2O5/c1-13(21)20-16(12-14-7-9-15(25-2)10-8-14)18(24)19-11-5-3-4-6-17(22)23/h7-10,12H,3-6,11H2,1-2H3,(H,19,24)(H,20,21)(H,22,23). The van der Waals surface area contributed by atoms with Crippen LogP contribution in [-0.2, 0) is 14.4 Å². The molecular formula is C18H24N2O5. The molecule has 25 heavy (non-hydrogen) atoms. The zero-order chi connectivity index (χ0) is 18.7. The van der Waals surface area contributed by atoms with Crippen molar-refractivity contribution in [2.45, 2.75) is 32.6 Å². The molecule has 2 amide bonds. The third-order valence-electron chi connectivity index (χ3n) is 3.34. The average Bonchev–Trinajstić information content (AvgIpc) is 2.57. The van der Waals surface area contributed by atoms with E-state index >= 15 is 0 Å². The average molecular weight is 348 g/mol. The number of methoxy groups -OCH3 is 1. The summed E-state index contributed by atoms with van der Waals surface area (Å²) in [4.78, 5) is 34.0. The van der Waals surface area contributed by atoms with E-state index in [2.05, 4.69) is 10.6 Å². The SMILES string of the molecule is COc1ccc(C=C(NC(C)=O)C(=O)NCCCCCC(=O)O)cc1. The number of carboxylic acids is 1. The van der Waals surface area contributed by atoms with Crippen LogP contribution in [0.15, 0.2) is 30.0 Å². The van der Waals surface area contributed by atoms with Gasteiger partial charge in [-0.2, -0.15) is 0 Å². The zero-order valence-electron chi connectivity index (χ0n) is 14.5. The van der Waals surface area contributed by atoms with E-state index in [4.69, 9.17) is 9.84 Å². The largest absolute Gasteiger partial charge is 0.497 e. The molecule has 0 aromatic heterocycles. The Hall–Kier alpha value is -2.83. The number of carbonyl (C=O) groups is 3. The Bertz CT molecular complexity index is 623. The van der Waals surface area contributed by atoms with Crippen LogP contribution >= 0.6 is 0 Å². The molecule has 1 aromatic carbocycles. The first kappa shape index (κ1) is 20.2. The highest BCUT2D eigenvalue weighted by atomic mass is 16.5. The van der Waals surface area contributed by atoms with Crippen LogP contribution < -0.4 is 15.4 Å². The van der Waals surface area contributed by atoms with Gasteiger partial charge in [-0.1, -0.05) is 18.6 Å². The van der Waals surface area contributed by atoms with Crippen LogP contribution in [-0.4, -0.2) is 36.5 Å². The third-order valence-corrected chi connectivity index (χ3v) is 3.34. The molecule has 0 aliphatic rings. The van der Waals surface area contributed by atoms with Crippen LogP contribution in [0.3, 0.4) is 0 Å². The molecule has 136 valence electrons. The fourth-order valence-electron chi connectivity index (χ4n) is 2.09. The van der Waals surface area contributed by atoms with E-state index in [0.29, 0.717) is 31.6 Å². The van der Waals surface area contributed by atoms with Crippen molar-refractivity contribution in [2.24, 2.45) is 0 Å². The van der Waals surface area contributed by atoms with Gasteiger partial charge in [0.1, 0.15) is 11.4 Å². The Morgan fingerprint density at radius 3 is 2.36 bits per heavy atom. The molecule has 0 spiro atoms. The summed E-state index contributed by atoms with van der Waals surface area (Å²) < 4.78 is 5.08. The van der Waals surface area contributed by atoms with Gasteiger partial charge in [-0.25, -0.2) is 0 Å². The van der Waals surface area contributed by atoms with Gasteiger partial charge in [0, 0.05) is 19.9 Å². The van der Waals surface area contributed by atoms with E-state index in [9.17, 15) is 14.4 Å². The lowest BCUT2D eigenvalue weighted by molar-refractivity contribution is -0.137. The summed E-state index contributed by atoms with van der Waals surface area (Å²) in [6.45, 7) is 1.75. The molecule has 3 N–H and O–H groups in total. The lowest BCUT2D eigenvalue weighted by Crippen LogP contribution is -2.34. The van der Waals surface area contributed by atoms with Gasteiger partial charge in [0.15, 0.2) is 0 Å². The van der Waals surface area contributed by atoms with E-state index in [-0.39, 0.29) is 23.9 Å². The van der Waals surface area contributed by atoms with Crippen LogP contribution in [0.25, 0.3) is 6.08 Å². The number of aliphatic carboxylic acids is 1. The van der Waals surface area contributed by atoms with Crippen LogP contribution in [0.1, 0.15) is 38.2 Å². The number of carbonyl (C=O) groups excluding carboxylic acids is 2. The van der Waals surface area contributed by atoms with Crippen molar-refractivity contribution in [3.05, 3.63) is 35.5 Å². The molecule has 1 rings (SSSR count). The van der Waals surface area contributed by atoms with Gasteiger partial charge >= 0.3 is 5.97 Å². The van der Waals surface area contributed by atoms with Crippen LogP contribution in [0.5, 0.6) is 5.75 Å². The molecule has 7 nitrogen and oxygen atoms in total. The number of nitrogens with one attached hydrogen (secondary N) is 2. The lowest BCUT2D eigenvalue weighted by atomic mass is 10.1. The summed E-state index contributed by atoms with van der Waals surface area (Å²) in [5, 5.41) is 13.8. The second-order valence-corrected chi connectivity index (χ2v) is 5.47. The highest BCUT2D eigenvalue weighted by Crippen LogP contribution is 2.13. The molecule has 0 saturated carbocycles. The van der Waals surface area contributed by atoms with Crippen molar-refractivity contribution in [3.63, 3.8) is 0 Å². The molecule has 0 radical (unpaired) electrons. The summed E-state index contributed by atoms with van der Waals surface area (Å²) >= 11 is 0. The maximum absolute atomic E-state index is 12.2. The molecule has 0 saturated heterocycles. The number of unbranched alkanes of at least 4 members (excludes halogenated alkanes) is 2. The Morgan fingerprint density at radius 2 is 1.80 bits per heavy atom. The summed E-state index contributed by atoms with van der Waals surface area (Å²) in [5.41, 5.74) is 0.907. The Morgan fingerprint density at radius 1 is 1.12 bits per heavy atom. The fraction of sp³-hybridized carbons (Fsp3) is 0.389. The molecule has 0 heterocycles. The quantitative estimate of drug-likeness (QED) is 0.443. The minimum Gasteiger partial charge on any atom is -0.497 e. The molecule has 0 unspecified atom stereocenters. The molecule has 1 aromatic rings. The van der Waals surface area contributed by atoms with Gasteiger partial charge in [-0.3, -0.25) is 14.4 Å². The van der Waals surface area contributed by atoms with Gasteiger partial charge in [-0.05, 0) is 36.6 Å². The minimum absolute atomic E-state index is 0.127. The first-order valence-corrected chi connectivity index (χ1v) is 8.05. The predicted molar refractivity (Wildman–Crippen MR) is 93.9 cm³/mol. The normalized spacial score (nSPS) is 10.9. The van der Waals surface area contributed by atoms with Gasteiger partial charge < -0.3 is 20.5 Å². The van der Waals surface area contributed by atoms with Gasteiger partial charge in [-0.15, -0.1) is 0 Å². The van der Waals surface area contributed by atoms with Crippen LogP contribution in [0.4, 0.5) is 0 Å². The molecular weight excluding hydrogens is 324 g/mol. The van der Waals surface area contributed by atoms with Gasteiger partial charge in [0.25, 0.3) is 5.91 Å². The summed E-state index contributed by atoms with van der Waals surface area (Å²) in [7, 11) is 1.57. The first-order valence-electron chi connectivity index (χ1n) is 8.05. The van der Waals surface area contributed by atoms with Crippen molar-refractivity contribution in [2.75, 3.05) is 13.7 Å². The van der Waals surface area contributed by atoms with Crippen molar-refractivity contribution >= 4 is 23.9 Å². The number of hydrogen-bond donors (Lipinski definition) is 3. The number of amides is 2.